The summed E-state index contributed by atoms with van der Waals surface area (Å²) in [5.41, 5.74) is -3.13. The molecule has 10 heteroatoms. The zero-order valence-electron chi connectivity index (χ0n) is 11.7. The molecule has 0 radical (unpaired) electrons. The summed E-state index contributed by atoms with van der Waals surface area (Å²) in [6.45, 7) is 0. The Bertz CT molecular complexity index is 858. The van der Waals surface area contributed by atoms with E-state index in [9.17, 15) is 40.0 Å². The van der Waals surface area contributed by atoms with Crippen LogP contribution in [0, 0.1) is 20.2 Å². The number of benzene rings is 2. The molecule has 0 amide bonds. The normalized spacial score (nSPS) is 10.2. The molecule has 0 saturated heterocycles. The topological polar surface area (TPSA) is 161 Å². The van der Waals surface area contributed by atoms with Crippen LogP contribution in [-0.4, -0.2) is 32.0 Å². The number of nitro benzene ring substituents is 2. The quantitative estimate of drug-likeness (QED) is 0.623. The minimum absolute atomic E-state index is 0.415. The number of carboxylic acid groups (broad SMARTS) is 2. The first-order chi connectivity index (χ1) is 11.2. The summed E-state index contributed by atoms with van der Waals surface area (Å²) < 4.78 is 0. The number of nitro groups is 2. The number of aromatic carboxylic acids is 2. The Hall–Kier alpha value is -3.82. The zero-order chi connectivity index (χ0) is 18.0. The smallest absolute Gasteiger partial charge is 0.336 e. The predicted molar refractivity (Wildman–Crippen MR) is 79.1 cm³/mol. The number of hydrogen-bond acceptors (Lipinski definition) is 6. The third kappa shape index (κ3) is 2.88. The summed E-state index contributed by atoms with van der Waals surface area (Å²) >= 11 is 0. The average molecular weight is 332 g/mol. The molecule has 122 valence electrons. The van der Waals surface area contributed by atoms with Crippen molar-refractivity contribution in [3.8, 4) is 11.1 Å². The Balaban J connectivity index is 2.96. The molecule has 0 heterocycles. The first-order valence-corrected chi connectivity index (χ1v) is 6.27. The van der Waals surface area contributed by atoms with Crippen LogP contribution in [0.15, 0.2) is 36.4 Å². The number of carbonyl (C=O) groups is 2. The van der Waals surface area contributed by atoms with Crippen molar-refractivity contribution >= 4 is 23.3 Å². The van der Waals surface area contributed by atoms with Crippen molar-refractivity contribution < 1.29 is 29.6 Å². The molecule has 0 atom stereocenters. The number of carboxylic acids is 2. The van der Waals surface area contributed by atoms with E-state index in [1.54, 1.807) is 0 Å². The van der Waals surface area contributed by atoms with Crippen LogP contribution in [0.25, 0.3) is 11.1 Å². The molecule has 0 spiro atoms. The maximum atomic E-state index is 11.4. The Morgan fingerprint density at radius 3 is 2.00 bits per heavy atom. The highest BCUT2D eigenvalue weighted by molar-refractivity contribution is 6.04. The summed E-state index contributed by atoms with van der Waals surface area (Å²) in [7, 11) is 0. The van der Waals surface area contributed by atoms with E-state index >= 15 is 0 Å². The molecule has 0 fully saturated rings. The van der Waals surface area contributed by atoms with E-state index in [1.807, 2.05) is 0 Å². The van der Waals surface area contributed by atoms with Gasteiger partial charge in [0.1, 0.15) is 0 Å². The van der Waals surface area contributed by atoms with Crippen molar-refractivity contribution in [1.82, 2.24) is 0 Å². The lowest BCUT2D eigenvalue weighted by atomic mass is 9.93. The Morgan fingerprint density at radius 2 is 1.50 bits per heavy atom. The minimum Gasteiger partial charge on any atom is -0.478 e. The van der Waals surface area contributed by atoms with E-state index in [4.69, 9.17) is 0 Å². The van der Waals surface area contributed by atoms with Crippen LogP contribution >= 0.6 is 0 Å². The summed E-state index contributed by atoms with van der Waals surface area (Å²) in [5, 5.41) is 40.6. The fraction of sp³-hybridized carbons (Fsp3) is 0. The molecule has 2 N–H and O–H groups in total. The van der Waals surface area contributed by atoms with E-state index in [0.717, 1.165) is 36.4 Å². The minimum atomic E-state index is -1.53. The molecule has 24 heavy (non-hydrogen) atoms. The van der Waals surface area contributed by atoms with Gasteiger partial charge >= 0.3 is 11.9 Å². The molecule has 10 nitrogen and oxygen atoms in total. The van der Waals surface area contributed by atoms with Gasteiger partial charge in [-0.15, -0.1) is 0 Å². The van der Waals surface area contributed by atoms with E-state index < -0.39 is 55.4 Å². The van der Waals surface area contributed by atoms with Gasteiger partial charge in [-0.1, -0.05) is 6.07 Å². The molecule has 2 aromatic rings. The van der Waals surface area contributed by atoms with Crippen molar-refractivity contribution in [1.29, 1.82) is 0 Å². The van der Waals surface area contributed by atoms with Crippen LogP contribution < -0.4 is 0 Å². The van der Waals surface area contributed by atoms with Gasteiger partial charge in [-0.05, 0) is 12.1 Å². The third-order valence-electron chi connectivity index (χ3n) is 3.18. The van der Waals surface area contributed by atoms with Gasteiger partial charge in [0.25, 0.3) is 11.4 Å². The van der Waals surface area contributed by atoms with Gasteiger partial charge in [-0.3, -0.25) is 20.2 Å². The number of non-ortho nitro benzene ring substituents is 1. The molecule has 2 rings (SSSR count). The molecule has 0 unspecified atom stereocenters. The van der Waals surface area contributed by atoms with Crippen LogP contribution in [0.4, 0.5) is 11.4 Å². The summed E-state index contributed by atoms with van der Waals surface area (Å²) in [6.07, 6.45) is 0. The van der Waals surface area contributed by atoms with Gasteiger partial charge in [0.05, 0.1) is 26.5 Å². The average Bonchev–Trinajstić information content (AvgIpc) is 2.53. The molecule has 0 aliphatic rings. The molecule has 0 aliphatic heterocycles. The number of nitrogens with zero attached hydrogens (tertiary/aromatic N) is 2. The van der Waals surface area contributed by atoms with Crippen molar-refractivity contribution in [2.45, 2.75) is 0 Å². The van der Waals surface area contributed by atoms with E-state index in [1.165, 1.54) is 0 Å². The second kappa shape index (κ2) is 6.12. The van der Waals surface area contributed by atoms with Crippen molar-refractivity contribution in [2.24, 2.45) is 0 Å². The Kier molecular flexibility index (Phi) is 4.22. The second-order valence-electron chi connectivity index (χ2n) is 4.55. The lowest BCUT2D eigenvalue weighted by Gasteiger charge is -2.10. The first-order valence-electron chi connectivity index (χ1n) is 6.27. The number of rotatable bonds is 5. The largest absolute Gasteiger partial charge is 0.478 e. The van der Waals surface area contributed by atoms with Crippen LogP contribution in [-0.2, 0) is 0 Å². The van der Waals surface area contributed by atoms with Crippen LogP contribution in [0.3, 0.4) is 0 Å². The van der Waals surface area contributed by atoms with Gasteiger partial charge in [-0.25, -0.2) is 9.59 Å². The van der Waals surface area contributed by atoms with E-state index in [0.29, 0.717) is 0 Å². The predicted octanol–water partition coefficient (Wildman–Crippen LogP) is 2.57. The Labute approximate surface area is 132 Å². The third-order valence-corrected chi connectivity index (χ3v) is 3.18. The van der Waals surface area contributed by atoms with Gasteiger partial charge in [0, 0.05) is 23.8 Å². The lowest BCUT2D eigenvalue weighted by molar-refractivity contribution is -0.385. The zero-order valence-corrected chi connectivity index (χ0v) is 11.7. The maximum absolute atomic E-state index is 11.4. The fourth-order valence-electron chi connectivity index (χ4n) is 2.19. The molecule has 0 aromatic heterocycles. The van der Waals surface area contributed by atoms with Crippen molar-refractivity contribution in [2.75, 3.05) is 0 Å². The van der Waals surface area contributed by atoms with Crippen LogP contribution in [0.1, 0.15) is 20.7 Å². The Morgan fingerprint density at radius 1 is 0.875 bits per heavy atom. The second-order valence-corrected chi connectivity index (χ2v) is 4.55. The van der Waals surface area contributed by atoms with Gasteiger partial charge < -0.3 is 10.2 Å². The molecular weight excluding hydrogens is 324 g/mol. The van der Waals surface area contributed by atoms with E-state index in [-0.39, 0.29) is 0 Å². The fourth-order valence-corrected chi connectivity index (χ4v) is 2.19. The SMILES string of the molecule is O=C(O)c1ccc([N+](=O)[O-])cc1-c1c(C(=O)O)cccc1[N+](=O)[O-]. The summed E-state index contributed by atoms with van der Waals surface area (Å²) in [5.74, 6) is -3.04. The van der Waals surface area contributed by atoms with Gasteiger partial charge in [0.2, 0.25) is 0 Å². The van der Waals surface area contributed by atoms with E-state index in [2.05, 4.69) is 0 Å². The van der Waals surface area contributed by atoms with Gasteiger partial charge in [-0.2, -0.15) is 0 Å². The summed E-state index contributed by atoms with van der Waals surface area (Å²) in [4.78, 5) is 43.1. The standard InChI is InChI=1S/C14H8N2O8/c17-13(18)8-5-4-7(15(21)22)6-10(8)12-9(14(19)20)2-1-3-11(12)16(23)24/h1-6H,(H,17,18)(H,19,20). The molecule has 0 saturated carbocycles. The maximum Gasteiger partial charge on any atom is 0.336 e. The van der Waals surface area contributed by atoms with Gasteiger partial charge in [0.15, 0.2) is 0 Å². The van der Waals surface area contributed by atoms with Crippen molar-refractivity contribution in [3.63, 3.8) is 0 Å². The van der Waals surface area contributed by atoms with Crippen LogP contribution in [0.2, 0.25) is 0 Å². The summed E-state index contributed by atoms with van der Waals surface area (Å²) in [6, 6.07) is 5.79. The molecule has 0 bridgehead atoms. The monoisotopic (exact) mass is 332 g/mol. The highest BCUT2D eigenvalue weighted by Gasteiger charge is 2.28. The van der Waals surface area contributed by atoms with Crippen molar-refractivity contribution in [3.05, 3.63) is 67.8 Å². The first kappa shape index (κ1) is 16.5. The molecule has 2 aromatic carbocycles. The number of hydrogen-bond donors (Lipinski definition) is 2. The lowest BCUT2D eigenvalue weighted by Crippen LogP contribution is -2.07. The highest BCUT2D eigenvalue weighted by Crippen LogP contribution is 2.37. The van der Waals surface area contributed by atoms with Crippen LogP contribution in [0.5, 0.6) is 0 Å². The molecular formula is C14H8N2O8. The highest BCUT2D eigenvalue weighted by atomic mass is 16.6. The molecule has 0 aliphatic carbocycles.